The Kier molecular flexibility index (Phi) is 5.18. The summed E-state index contributed by atoms with van der Waals surface area (Å²) >= 11 is 0. The van der Waals surface area contributed by atoms with Crippen molar-refractivity contribution in [2.24, 2.45) is 7.05 Å². The Hall–Kier alpha value is -1.61. The molecule has 3 nitrogen and oxygen atoms in total. The van der Waals surface area contributed by atoms with Crippen molar-refractivity contribution in [2.75, 3.05) is 6.54 Å². The van der Waals surface area contributed by atoms with Crippen LogP contribution in [0.2, 0.25) is 0 Å². The summed E-state index contributed by atoms with van der Waals surface area (Å²) in [5.74, 6) is 0. The number of aromatic nitrogens is 2. The topological polar surface area (TPSA) is 29.9 Å². The molecule has 1 heterocycles. The molecule has 0 amide bonds. The Labute approximate surface area is 128 Å². The maximum Gasteiger partial charge on any atom is 0.0673 e. The molecule has 2 aromatic rings. The lowest BCUT2D eigenvalue weighted by Gasteiger charge is -2.20. The van der Waals surface area contributed by atoms with Crippen LogP contribution in [0.1, 0.15) is 54.3 Å². The SMILES string of the molecule is CCCNC(c1ccc(C)c(C)c1)c1cn(C)nc1CC. The van der Waals surface area contributed by atoms with Crippen LogP contribution in [0.25, 0.3) is 0 Å². The lowest BCUT2D eigenvalue weighted by molar-refractivity contribution is 0.594. The highest BCUT2D eigenvalue weighted by atomic mass is 15.3. The average molecular weight is 285 g/mol. The molecule has 2 rings (SSSR count). The first kappa shape index (κ1) is 15.8. The van der Waals surface area contributed by atoms with Crippen molar-refractivity contribution >= 4 is 0 Å². The van der Waals surface area contributed by atoms with Gasteiger partial charge in [0.1, 0.15) is 0 Å². The van der Waals surface area contributed by atoms with Crippen LogP contribution < -0.4 is 5.32 Å². The summed E-state index contributed by atoms with van der Waals surface area (Å²) in [7, 11) is 2.00. The lowest BCUT2D eigenvalue weighted by Crippen LogP contribution is -2.24. The third-order valence-corrected chi connectivity index (χ3v) is 4.05. The van der Waals surface area contributed by atoms with E-state index in [9.17, 15) is 0 Å². The van der Waals surface area contributed by atoms with Gasteiger partial charge in [-0.1, -0.05) is 32.0 Å². The molecule has 0 saturated heterocycles. The number of benzene rings is 1. The summed E-state index contributed by atoms with van der Waals surface area (Å²) in [6.07, 6.45) is 4.25. The van der Waals surface area contributed by atoms with Gasteiger partial charge in [-0.3, -0.25) is 4.68 Å². The fraction of sp³-hybridized carbons (Fsp3) is 0.500. The van der Waals surface area contributed by atoms with Gasteiger partial charge in [-0.25, -0.2) is 0 Å². The van der Waals surface area contributed by atoms with E-state index in [0.29, 0.717) is 0 Å². The molecule has 1 N–H and O–H groups in total. The minimum absolute atomic E-state index is 0.230. The molecule has 21 heavy (non-hydrogen) atoms. The summed E-state index contributed by atoms with van der Waals surface area (Å²) in [6, 6.07) is 6.98. The van der Waals surface area contributed by atoms with Gasteiger partial charge < -0.3 is 5.32 Å². The Morgan fingerprint density at radius 2 is 1.95 bits per heavy atom. The first-order valence-electron chi connectivity index (χ1n) is 7.89. The maximum atomic E-state index is 4.60. The van der Waals surface area contributed by atoms with Gasteiger partial charge in [-0.05, 0) is 49.9 Å². The van der Waals surface area contributed by atoms with Gasteiger partial charge in [0.2, 0.25) is 0 Å². The molecular formula is C18H27N3. The molecule has 0 saturated carbocycles. The van der Waals surface area contributed by atoms with Gasteiger partial charge in [0.05, 0.1) is 11.7 Å². The summed E-state index contributed by atoms with van der Waals surface area (Å²) in [6.45, 7) is 9.72. The molecule has 0 aliphatic carbocycles. The number of nitrogens with one attached hydrogen (secondary N) is 1. The molecule has 0 spiro atoms. The highest BCUT2D eigenvalue weighted by Gasteiger charge is 2.19. The van der Waals surface area contributed by atoms with Crippen molar-refractivity contribution < 1.29 is 0 Å². The molecule has 3 heteroatoms. The van der Waals surface area contributed by atoms with E-state index in [4.69, 9.17) is 0 Å². The molecule has 1 unspecified atom stereocenters. The summed E-state index contributed by atoms with van der Waals surface area (Å²) in [5.41, 5.74) is 6.50. The van der Waals surface area contributed by atoms with E-state index in [1.54, 1.807) is 0 Å². The van der Waals surface area contributed by atoms with Crippen molar-refractivity contribution in [3.63, 3.8) is 0 Å². The second kappa shape index (κ2) is 6.90. The largest absolute Gasteiger partial charge is 0.306 e. The summed E-state index contributed by atoms with van der Waals surface area (Å²) < 4.78 is 1.93. The van der Waals surface area contributed by atoms with Crippen LogP contribution in [-0.4, -0.2) is 16.3 Å². The molecule has 1 aromatic heterocycles. The second-order valence-corrected chi connectivity index (χ2v) is 5.79. The number of nitrogens with zero attached hydrogens (tertiary/aromatic N) is 2. The molecule has 0 aliphatic rings. The number of hydrogen-bond donors (Lipinski definition) is 1. The van der Waals surface area contributed by atoms with E-state index in [-0.39, 0.29) is 6.04 Å². The summed E-state index contributed by atoms with van der Waals surface area (Å²) in [5, 5.41) is 8.28. The van der Waals surface area contributed by atoms with Crippen LogP contribution in [-0.2, 0) is 13.5 Å². The van der Waals surface area contributed by atoms with Gasteiger partial charge in [-0.2, -0.15) is 5.10 Å². The van der Waals surface area contributed by atoms with Gasteiger partial charge in [0.15, 0.2) is 0 Å². The van der Waals surface area contributed by atoms with Crippen LogP contribution in [0.5, 0.6) is 0 Å². The fourth-order valence-electron chi connectivity index (χ4n) is 2.71. The molecule has 0 fully saturated rings. The molecule has 0 bridgehead atoms. The number of aryl methyl sites for hydroxylation is 4. The Morgan fingerprint density at radius 1 is 1.19 bits per heavy atom. The van der Waals surface area contributed by atoms with Crippen molar-refractivity contribution in [3.05, 3.63) is 52.3 Å². The van der Waals surface area contributed by atoms with Crippen LogP contribution in [0.15, 0.2) is 24.4 Å². The highest BCUT2D eigenvalue weighted by molar-refractivity contribution is 5.38. The van der Waals surface area contributed by atoms with Gasteiger partial charge in [0, 0.05) is 18.8 Å². The van der Waals surface area contributed by atoms with E-state index < -0.39 is 0 Å². The standard InChI is InChI=1S/C18H27N3/c1-6-10-19-18(15-9-8-13(3)14(4)11-15)16-12-21(5)20-17(16)7-2/h8-9,11-12,18-19H,6-7,10H2,1-5H3. The van der Waals surface area contributed by atoms with E-state index in [1.807, 2.05) is 11.7 Å². The van der Waals surface area contributed by atoms with Crippen molar-refractivity contribution in [2.45, 2.75) is 46.6 Å². The first-order chi connectivity index (χ1) is 10.1. The minimum atomic E-state index is 0.230. The minimum Gasteiger partial charge on any atom is -0.306 e. The zero-order chi connectivity index (χ0) is 15.4. The maximum absolute atomic E-state index is 4.60. The third-order valence-electron chi connectivity index (χ3n) is 4.05. The quantitative estimate of drug-likeness (QED) is 0.877. The van der Waals surface area contributed by atoms with Crippen LogP contribution in [0, 0.1) is 13.8 Å². The Balaban J connectivity index is 2.43. The number of hydrogen-bond acceptors (Lipinski definition) is 2. The Bertz CT molecular complexity index is 599. The van der Waals surface area contributed by atoms with Crippen molar-refractivity contribution in [1.29, 1.82) is 0 Å². The molecular weight excluding hydrogens is 258 g/mol. The number of rotatable bonds is 6. The average Bonchev–Trinajstić information content (AvgIpc) is 2.84. The first-order valence-corrected chi connectivity index (χ1v) is 7.89. The molecule has 114 valence electrons. The second-order valence-electron chi connectivity index (χ2n) is 5.79. The van der Waals surface area contributed by atoms with Crippen LogP contribution in [0.3, 0.4) is 0 Å². The van der Waals surface area contributed by atoms with Gasteiger partial charge in [0.25, 0.3) is 0 Å². The van der Waals surface area contributed by atoms with E-state index in [1.165, 1.54) is 27.9 Å². The smallest absolute Gasteiger partial charge is 0.0673 e. The summed E-state index contributed by atoms with van der Waals surface area (Å²) in [4.78, 5) is 0. The third kappa shape index (κ3) is 3.53. The monoisotopic (exact) mass is 285 g/mol. The van der Waals surface area contributed by atoms with Gasteiger partial charge in [-0.15, -0.1) is 0 Å². The van der Waals surface area contributed by atoms with Crippen LogP contribution >= 0.6 is 0 Å². The van der Waals surface area contributed by atoms with E-state index in [0.717, 1.165) is 19.4 Å². The van der Waals surface area contributed by atoms with Crippen molar-refractivity contribution in [3.8, 4) is 0 Å². The highest BCUT2D eigenvalue weighted by Crippen LogP contribution is 2.26. The van der Waals surface area contributed by atoms with E-state index >= 15 is 0 Å². The van der Waals surface area contributed by atoms with Crippen LogP contribution in [0.4, 0.5) is 0 Å². The molecule has 0 radical (unpaired) electrons. The normalized spacial score (nSPS) is 12.6. The van der Waals surface area contributed by atoms with Crippen molar-refractivity contribution in [1.82, 2.24) is 15.1 Å². The molecule has 1 aromatic carbocycles. The van der Waals surface area contributed by atoms with E-state index in [2.05, 4.69) is 62.5 Å². The zero-order valence-corrected chi connectivity index (χ0v) is 13.9. The fourth-order valence-corrected chi connectivity index (χ4v) is 2.71. The molecule has 1 atom stereocenters. The molecule has 0 aliphatic heterocycles. The Morgan fingerprint density at radius 3 is 2.57 bits per heavy atom. The lowest BCUT2D eigenvalue weighted by atomic mass is 9.95. The predicted molar refractivity (Wildman–Crippen MR) is 88.6 cm³/mol. The van der Waals surface area contributed by atoms with Gasteiger partial charge >= 0.3 is 0 Å². The zero-order valence-electron chi connectivity index (χ0n) is 13.9. The predicted octanol–water partition coefficient (Wildman–Crippen LogP) is 3.69.